The number of unbranched alkanes of at least 4 members (excludes halogenated alkanes) is 48. The van der Waals surface area contributed by atoms with Crippen LogP contribution in [0.1, 0.15) is 373 Å². The lowest BCUT2D eigenvalue weighted by Gasteiger charge is -2.20. The van der Waals surface area contributed by atoms with E-state index >= 15 is 0 Å². The predicted octanol–water partition coefficient (Wildman–Crippen LogP) is 22.5. The molecule has 1 amide bonds. The highest BCUT2D eigenvalue weighted by Crippen LogP contribution is 2.18. The number of rotatable bonds is 65. The minimum Gasteiger partial charge on any atom is -0.466 e. The van der Waals surface area contributed by atoms with Gasteiger partial charge in [-0.3, -0.25) is 9.59 Å². The Morgan fingerprint density at radius 1 is 0.359 bits per heavy atom. The van der Waals surface area contributed by atoms with Crippen molar-refractivity contribution in [3.8, 4) is 0 Å². The normalized spacial score (nSPS) is 12.8. The Bertz CT molecular complexity index is 1310. The van der Waals surface area contributed by atoms with Gasteiger partial charge in [0, 0.05) is 12.8 Å². The number of carbonyl (C=O) groups is 2. The molecule has 0 aliphatic carbocycles. The van der Waals surface area contributed by atoms with Crippen LogP contribution >= 0.6 is 0 Å². The van der Waals surface area contributed by atoms with Crippen LogP contribution in [-0.2, 0) is 14.3 Å². The monoisotopic (exact) mass is 1090 g/mol. The van der Waals surface area contributed by atoms with Crippen molar-refractivity contribution in [1.29, 1.82) is 0 Å². The quantitative estimate of drug-likeness (QED) is 0.0320. The van der Waals surface area contributed by atoms with Crippen LogP contribution in [0.15, 0.2) is 48.6 Å². The van der Waals surface area contributed by atoms with Gasteiger partial charge in [0.15, 0.2) is 0 Å². The van der Waals surface area contributed by atoms with Gasteiger partial charge in [-0.1, -0.05) is 319 Å². The zero-order chi connectivity index (χ0) is 56.4. The molecule has 0 radical (unpaired) electrons. The van der Waals surface area contributed by atoms with E-state index in [1.165, 1.54) is 295 Å². The maximum Gasteiger partial charge on any atom is 0.305 e. The van der Waals surface area contributed by atoms with Gasteiger partial charge in [0.05, 0.1) is 25.4 Å². The van der Waals surface area contributed by atoms with Crippen molar-refractivity contribution in [2.24, 2.45) is 0 Å². The highest BCUT2D eigenvalue weighted by Gasteiger charge is 2.18. The van der Waals surface area contributed by atoms with E-state index in [0.29, 0.717) is 19.4 Å². The standard InChI is InChI=1S/C72H135NO5/c1-3-5-7-9-11-13-15-40-44-48-52-56-60-64-70(75)69(68-74)73-71(76)65-61-57-53-49-45-42-38-36-34-32-30-28-26-24-22-20-18-17-19-21-23-25-27-29-31-33-35-37-39-43-47-51-55-59-63-67-78-72(77)66-62-58-54-50-46-41-16-14-12-10-8-6-4-2/h14,16,19,21,25,27,60,64,69-70,74-75H,3-13,15,17-18,20,22-24,26,28-59,61-63,65-68H2,1-2H3,(H,73,76)/b16-14-,21-19-,27-25-,64-60+. The van der Waals surface area contributed by atoms with Crippen LogP contribution in [0, 0.1) is 0 Å². The second-order valence-corrected chi connectivity index (χ2v) is 23.9. The summed E-state index contributed by atoms with van der Waals surface area (Å²) in [5.74, 6) is -0.0576. The molecule has 78 heavy (non-hydrogen) atoms. The minimum absolute atomic E-state index is 0.00719. The van der Waals surface area contributed by atoms with Gasteiger partial charge in [0.1, 0.15) is 0 Å². The fraction of sp³-hybridized carbons (Fsp3) is 0.861. The van der Waals surface area contributed by atoms with E-state index in [2.05, 4.69) is 55.6 Å². The molecule has 6 nitrogen and oxygen atoms in total. The molecular weight excluding hydrogens is 959 g/mol. The molecule has 2 atom stereocenters. The van der Waals surface area contributed by atoms with E-state index in [9.17, 15) is 19.8 Å². The molecule has 0 aromatic rings. The highest BCUT2D eigenvalue weighted by atomic mass is 16.5. The van der Waals surface area contributed by atoms with Gasteiger partial charge in [-0.15, -0.1) is 0 Å². The molecule has 0 rings (SSSR count). The summed E-state index contributed by atoms with van der Waals surface area (Å²) in [4.78, 5) is 24.5. The Morgan fingerprint density at radius 3 is 1.00 bits per heavy atom. The third kappa shape index (κ3) is 63.0. The zero-order valence-electron chi connectivity index (χ0n) is 52.4. The van der Waals surface area contributed by atoms with Crippen LogP contribution in [0.3, 0.4) is 0 Å². The molecule has 6 heteroatoms. The van der Waals surface area contributed by atoms with E-state index in [0.717, 1.165) is 51.4 Å². The van der Waals surface area contributed by atoms with Gasteiger partial charge in [0.25, 0.3) is 0 Å². The Morgan fingerprint density at radius 2 is 0.641 bits per heavy atom. The molecule has 3 N–H and O–H groups in total. The number of aliphatic hydroxyl groups excluding tert-OH is 2. The maximum atomic E-state index is 12.5. The van der Waals surface area contributed by atoms with Crippen LogP contribution in [0.2, 0.25) is 0 Å². The Kier molecular flexibility index (Phi) is 65.4. The number of amides is 1. The third-order valence-electron chi connectivity index (χ3n) is 16.1. The Balaban J connectivity index is 3.38. The summed E-state index contributed by atoms with van der Waals surface area (Å²) in [5.41, 5.74) is 0. The van der Waals surface area contributed by atoms with Crippen LogP contribution in [0.5, 0.6) is 0 Å². The number of esters is 1. The van der Waals surface area contributed by atoms with Crippen molar-refractivity contribution < 1.29 is 24.5 Å². The summed E-state index contributed by atoms with van der Waals surface area (Å²) in [6.45, 7) is 4.90. The fourth-order valence-corrected chi connectivity index (χ4v) is 10.7. The van der Waals surface area contributed by atoms with Crippen LogP contribution < -0.4 is 5.32 Å². The van der Waals surface area contributed by atoms with E-state index in [1.807, 2.05) is 6.08 Å². The topological polar surface area (TPSA) is 95.9 Å². The Hall–Kier alpha value is -2.18. The number of hydrogen-bond donors (Lipinski definition) is 3. The van der Waals surface area contributed by atoms with E-state index in [1.54, 1.807) is 6.08 Å². The first-order chi connectivity index (χ1) is 38.5. The van der Waals surface area contributed by atoms with E-state index in [4.69, 9.17) is 4.74 Å². The first-order valence-electron chi connectivity index (χ1n) is 34.9. The fourth-order valence-electron chi connectivity index (χ4n) is 10.7. The van der Waals surface area contributed by atoms with Gasteiger partial charge in [-0.2, -0.15) is 0 Å². The van der Waals surface area contributed by atoms with Crippen molar-refractivity contribution in [2.75, 3.05) is 13.2 Å². The van der Waals surface area contributed by atoms with Gasteiger partial charge in [0.2, 0.25) is 5.91 Å². The molecule has 0 aromatic carbocycles. The summed E-state index contributed by atoms with van der Waals surface area (Å²) >= 11 is 0. The second kappa shape index (κ2) is 67.3. The minimum atomic E-state index is -0.842. The zero-order valence-corrected chi connectivity index (χ0v) is 52.4. The average molecular weight is 1090 g/mol. The van der Waals surface area contributed by atoms with E-state index in [-0.39, 0.29) is 18.5 Å². The van der Waals surface area contributed by atoms with Crippen molar-refractivity contribution >= 4 is 11.9 Å². The summed E-state index contributed by atoms with van der Waals surface area (Å²) < 4.78 is 5.48. The summed E-state index contributed by atoms with van der Waals surface area (Å²) in [6.07, 6.45) is 87.7. The first-order valence-corrected chi connectivity index (χ1v) is 34.9. The lowest BCUT2D eigenvalue weighted by molar-refractivity contribution is -0.143. The van der Waals surface area contributed by atoms with Crippen molar-refractivity contribution in [3.05, 3.63) is 48.6 Å². The van der Waals surface area contributed by atoms with Gasteiger partial charge < -0.3 is 20.3 Å². The third-order valence-corrected chi connectivity index (χ3v) is 16.1. The molecule has 0 saturated carbocycles. The molecule has 0 heterocycles. The molecule has 0 spiro atoms. The molecule has 0 fully saturated rings. The van der Waals surface area contributed by atoms with Gasteiger partial charge in [-0.25, -0.2) is 0 Å². The van der Waals surface area contributed by atoms with Crippen molar-refractivity contribution in [3.63, 3.8) is 0 Å². The van der Waals surface area contributed by atoms with Crippen molar-refractivity contribution in [2.45, 2.75) is 386 Å². The molecule has 0 aliphatic rings. The number of hydrogen-bond acceptors (Lipinski definition) is 5. The number of allylic oxidation sites excluding steroid dienone is 7. The molecule has 0 saturated heterocycles. The average Bonchev–Trinajstić information content (AvgIpc) is 3.44. The molecule has 0 aromatic heterocycles. The molecule has 2 unspecified atom stereocenters. The number of nitrogens with one attached hydrogen (secondary N) is 1. The molecule has 0 aliphatic heterocycles. The lowest BCUT2D eigenvalue weighted by atomic mass is 10.0. The van der Waals surface area contributed by atoms with E-state index < -0.39 is 12.1 Å². The largest absolute Gasteiger partial charge is 0.466 e. The summed E-state index contributed by atoms with van der Waals surface area (Å²) in [6, 6.07) is -0.626. The van der Waals surface area contributed by atoms with Crippen molar-refractivity contribution in [1.82, 2.24) is 5.32 Å². The summed E-state index contributed by atoms with van der Waals surface area (Å²) in [5, 5.41) is 23.1. The lowest BCUT2D eigenvalue weighted by Crippen LogP contribution is -2.45. The predicted molar refractivity (Wildman–Crippen MR) is 342 cm³/mol. The Labute approximate surface area is 486 Å². The number of aliphatic hydroxyl groups is 2. The van der Waals surface area contributed by atoms with Gasteiger partial charge in [-0.05, 0) is 89.9 Å². The van der Waals surface area contributed by atoms with Crippen LogP contribution in [-0.4, -0.2) is 47.4 Å². The molecule has 0 bridgehead atoms. The molecule has 458 valence electrons. The second-order valence-electron chi connectivity index (χ2n) is 23.9. The number of ether oxygens (including phenoxy) is 1. The van der Waals surface area contributed by atoms with Crippen LogP contribution in [0.4, 0.5) is 0 Å². The van der Waals surface area contributed by atoms with Crippen LogP contribution in [0.25, 0.3) is 0 Å². The molecular formula is C72H135NO5. The smallest absolute Gasteiger partial charge is 0.305 e. The summed E-state index contributed by atoms with van der Waals surface area (Å²) in [7, 11) is 0. The SMILES string of the molecule is CCCCCC/C=C\CCCCCCCC(=O)OCCCCCCCCCCCCC/C=C\C/C=C\CCCCCCCCCCCCCCCCCCCC(=O)NC(CO)C(O)/C=C/CCCCCCCCCCCCC. The number of carbonyl (C=O) groups excluding carboxylic acids is 2. The highest BCUT2D eigenvalue weighted by molar-refractivity contribution is 5.76. The first kappa shape index (κ1) is 75.8. The maximum absolute atomic E-state index is 12.5. The van der Waals surface area contributed by atoms with Gasteiger partial charge >= 0.3 is 5.97 Å².